The largest absolute Gasteiger partial charge is 0.351 e. The summed E-state index contributed by atoms with van der Waals surface area (Å²) in [6.45, 7) is 8.33. The predicted octanol–water partition coefficient (Wildman–Crippen LogP) is 4.21. The van der Waals surface area contributed by atoms with Crippen LogP contribution in [0.25, 0.3) is 10.9 Å². The number of hydrogen-bond acceptors (Lipinski definition) is 3. The van der Waals surface area contributed by atoms with Crippen LogP contribution >= 0.6 is 0 Å². The average molecular weight is 428 g/mol. The van der Waals surface area contributed by atoms with Crippen LogP contribution in [0.1, 0.15) is 55.4 Å². The van der Waals surface area contributed by atoms with Gasteiger partial charge in [-0.15, -0.1) is 0 Å². The second-order valence-corrected chi connectivity index (χ2v) is 10.9. The summed E-state index contributed by atoms with van der Waals surface area (Å²) in [6, 6.07) is 14.3. The minimum Gasteiger partial charge on any atom is -0.351 e. The van der Waals surface area contributed by atoms with Gasteiger partial charge in [-0.3, -0.25) is 4.79 Å². The third kappa shape index (κ3) is 4.42. The van der Waals surface area contributed by atoms with Crippen LogP contribution in [-0.2, 0) is 15.4 Å². The van der Waals surface area contributed by atoms with Crippen molar-refractivity contribution in [2.75, 3.05) is 14.1 Å². The van der Waals surface area contributed by atoms with Crippen molar-refractivity contribution in [2.45, 2.75) is 44.0 Å². The molecule has 0 bridgehead atoms. The Morgan fingerprint density at radius 2 is 1.67 bits per heavy atom. The van der Waals surface area contributed by atoms with E-state index in [9.17, 15) is 13.2 Å². The first-order valence-corrected chi connectivity index (χ1v) is 11.3. The van der Waals surface area contributed by atoms with Crippen molar-refractivity contribution >= 4 is 26.8 Å². The number of carbonyl (C=O) groups is 1. The number of nitrogens with one attached hydrogen (secondary N) is 2. The van der Waals surface area contributed by atoms with Crippen LogP contribution in [0, 0.1) is 0 Å². The minimum absolute atomic E-state index is 0.0302. The van der Waals surface area contributed by atoms with E-state index in [1.165, 1.54) is 24.0 Å². The molecule has 3 aromatic rings. The fraction of sp³-hybridized carbons (Fsp3) is 0.348. The highest BCUT2D eigenvalue weighted by Crippen LogP contribution is 2.26. The molecule has 1 aromatic heterocycles. The molecule has 30 heavy (non-hydrogen) atoms. The molecule has 1 unspecified atom stereocenters. The average Bonchev–Trinajstić information content (AvgIpc) is 3.10. The first-order valence-electron chi connectivity index (χ1n) is 9.86. The van der Waals surface area contributed by atoms with Crippen LogP contribution in [-0.4, -0.2) is 37.7 Å². The van der Waals surface area contributed by atoms with E-state index >= 15 is 0 Å². The summed E-state index contributed by atoms with van der Waals surface area (Å²) in [4.78, 5) is 16.2. The van der Waals surface area contributed by atoms with Crippen LogP contribution in [0.2, 0.25) is 0 Å². The van der Waals surface area contributed by atoms with Crippen molar-refractivity contribution < 1.29 is 13.2 Å². The molecular weight excluding hydrogens is 398 g/mol. The van der Waals surface area contributed by atoms with E-state index in [4.69, 9.17) is 0 Å². The van der Waals surface area contributed by atoms with Gasteiger partial charge in [0.1, 0.15) is 5.69 Å². The normalized spacial score (nSPS) is 13.6. The number of fused-ring (bicyclic) bond motifs is 1. The molecule has 3 rings (SSSR count). The summed E-state index contributed by atoms with van der Waals surface area (Å²) in [5.41, 5.74) is 3.48. The second-order valence-electron chi connectivity index (χ2n) is 8.79. The maximum absolute atomic E-state index is 12.8. The highest BCUT2D eigenvalue weighted by atomic mass is 32.2. The molecule has 0 aliphatic heterocycles. The van der Waals surface area contributed by atoms with Gasteiger partial charge in [0, 0.05) is 25.0 Å². The molecule has 7 heteroatoms. The second kappa shape index (κ2) is 7.89. The van der Waals surface area contributed by atoms with E-state index in [-0.39, 0.29) is 22.3 Å². The van der Waals surface area contributed by atoms with Gasteiger partial charge in [-0.1, -0.05) is 45.0 Å². The van der Waals surface area contributed by atoms with E-state index in [2.05, 4.69) is 43.2 Å². The van der Waals surface area contributed by atoms with Crippen LogP contribution in [0.15, 0.2) is 53.4 Å². The van der Waals surface area contributed by atoms with Crippen molar-refractivity contribution in [3.63, 3.8) is 0 Å². The first-order chi connectivity index (χ1) is 13.9. The zero-order chi connectivity index (χ0) is 22.3. The predicted molar refractivity (Wildman–Crippen MR) is 120 cm³/mol. The molecule has 1 heterocycles. The number of H-pyrrole nitrogens is 1. The Labute approximate surface area is 178 Å². The summed E-state index contributed by atoms with van der Waals surface area (Å²) in [5.74, 6) is -0.207. The molecule has 160 valence electrons. The molecule has 6 nitrogen and oxygen atoms in total. The Morgan fingerprint density at radius 1 is 1.03 bits per heavy atom. The number of hydrogen-bond donors (Lipinski definition) is 2. The summed E-state index contributed by atoms with van der Waals surface area (Å²) >= 11 is 0. The van der Waals surface area contributed by atoms with Gasteiger partial charge < -0.3 is 10.3 Å². The van der Waals surface area contributed by atoms with E-state index in [1.54, 1.807) is 24.3 Å². The van der Waals surface area contributed by atoms with Crippen LogP contribution in [0.4, 0.5) is 0 Å². The van der Waals surface area contributed by atoms with Crippen LogP contribution in [0.5, 0.6) is 0 Å². The molecule has 2 aromatic carbocycles. The smallest absolute Gasteiger partial charge is 0.268 e. The van der Waals surface area contributed by atoms with Gasteiger partial charge >= 0.3 is 0 Å². The van der Waals surface area contributed by atoms with Gasteiger partial charge in [0.05, 0.1) is 10.9 Å². The lowest BCUT2D eigenvalue weighted by Crippen LogP contribution is -2.27. The Bertz CT molecular complexity index is 1170. The SMILES string of the molecule is CC(NC(=O)c1cc2ccc(C(C)(C)C)cc2[nH]1)c1ccc(S(=O)(=O)N(C)C)cc1. The summed E-state index contributed by atoms with van der Waals surface area (Å²) < 4.78 is 25.6. The van der Waals surface area contributed by atoms with E-state index in [0.717, 1.165) is 16.5 Å². The first kappa shape index (κ1) is 22.1. The molecule has 0 fully saturated rings. The number of carbonyl (C=O) groups excluding carboxylic acids is 1. The van der Waals surface area contributed by atoms with Gasteiger partial charge in [-0.2, -0.15) is 0 Å². The van der Waals surface area contributed by atoms with E-state index in [1.807, 2.05) is 19.1 Å². The van der Waals surface area contributed by atoms with Gasteiger partial charge in [0.2, 0.25) is 10.0 Å². The van der Waals surface area contributed by atoms with Gasteiger partial charge in [-0.25, -0.2) is 12.7 Å². The third-order valence-corrected chi connectivity index (χ3v) is 7.07. The lowest BCUT2D eigenvalue weighted by molar-refractivity contribution is 0.0935. The third-order valence-electron chi connectivity index (χ3n) is 5.24. The molecule has 0 aliphatic rings. The zero-order valence-electron chi connectivity index (χ0n) is 18.3. The van der Waals surface area contributed by atoms with Crippen LogP contribution < -0.4 is 5.32 Å². The number of rotatable bonds is 5. The minimum atomic E-state index is -3.47. The zero-order valence-corrected chi connectivity index (χ0v) is 19.1. The number of amides is 1. The molecule has 2 N–H and O–H groups in total. The van der Waals surface area contributed by atoms with Crippen molar-refractivity contribution in [2.24, 2.45) is 0 Å². The lowest BCUT2D eigenvalue weighted by Gasteiger charge is -2.18. The number of benzene rings is 2. The van der Waals surface area contributed by atoms with Gasteiger partial charge in [-0.05, 0) is 47.7 Å². The number of aromatic amines is 1. The maximum atomic E-state index is 12.8. The molecule has 0 spiro atoms. The Kier molecular flexibility index (Phi) is 5.80. The van der Waals surface area contributed by atoms with E-state index < -0.39 is 10.0 Å². The van der Waals surface area contributed by atoms with Crippen molar-refractivity contribution in [3.8, 4) is 0 Å². The molecule has 1 amide bonds. The quantitative estimate of drug-likeness (QED) is 0.640. The highest BCUT2D eigenvalue weighted by molar-refractivity contribution is 7.89. The molecule has 0 radical (unpaired) electrons. The van der Waals surface area contributed by atoms with Crippen molar-refractivity contribution in [1.29, 1.82) is 0 Å². The van der Waals surface area contributed by atoms with Gasteiger partial charge in [0.15, 0.2) is 0 Å². The van der Waals surface area contributed by atoms with Crippen molar-refractivity contribution in [3.05, 3.63) is 65.4 Å². The fourth-order valence-electron chi connectivity index (χ4n) is 3.21. The molecule has 0 saturated heterocycles. The fourth-order valence-corrected chi connectivity index (χ4v) is 4.11. The Balaban J connectivity index is 1.77. The molecule has 0 aliphatic carbocycles. The Morgan fingerprint density at radius 3 is 2.23 bits per heavy atom. The standard InChI is InChI=1S/C23H29N3O3S/c1-15(16-8-11-19(12-9-16)30(28,29)26(5)6)24-22(27)21-13-17-7-10-18(23(2,3)4)14-20(17)25-21/h7-15,25H,1-6H3,(H,24,27). The molecular formula is C23H29N3O3S. The lowest BCUT2D eigenvalue weighted by atomic mass is 9.87. The highest BCUT2D eigenvalue weighted by Gasteiger charge is 2.19. The molecule has 1 atom stereocenters. The maximum Gasteiger partial charge on any atom is 0.268 e. The summed E-state index contributed by atoms with van der Waals surface area (Å²) in [5, 5.41) is 3.95. The number of sulfonamides is 1. The summed E-state index contributed by atoms with van der Waals surface area (Å²) in [6.07, 6.45) is 0. The Hall–Kier alpha value is -2.64. The number of aromatic nitrogens is 1. The van der Waals surface area contributed by atoms with Gasteiger partial charge in [0.25, 0.3) is 5.91 Å². The molecule has 0 saturated carbocycles. The number of nitrogens with zero attached hydrogens (tertiary/aromatic N) is 1. The monoisotopic (exact) mass is 427 g/mol. The van der Waals surface area contributed by atoms with Crippen molar-refractivity contribution in [1.82, 2.24) is 14.6 Å². The summed E-state index contributed by atoms with van der Waals surface area (Å²) in [7, 11) is -0.480. The van der Waals surface area contributed by atoms with E-state index in [0.29, 0.717) is 5.69 Å². The van der Waals surface area contributed by atoms with Crippen LogP contribution in [0.3, 0.4) is 0 Å². The topological polar surface area (TPSA) is 82.3 Å².